The van der Waals surface area contributed by atoms with Gasteiger partial charge >= 0.3 is 0 Å². The van der Waals surface area contributed by atoms with Crippen LogP contribution in [-0.2, 0) is 4.74 Å². The summed E-state index contributed by atoms with van der Waals surface area (Å²) in [5, 5.41) is 0. The fourth-order valence-corrected chi connectivity index (χ4v) is 2.60. The second-order valence-electron chi connectivity index (χ2n) is 5.59. The molecule has 2 unspecified atom stereocenters. The molecule has 1 aliphatic rings. The Hall–Kier alpha value is -1.06. The lowest BCUT2D eigenvalue weighted by Gasteiger charge is -2.24. The van der Waals surface area contributed by atoms with Crippen molar-refractivity contribution in [2.45, 2.75) is 57.6 Å². The quantitative estimate of drug-likeness (QED) is 0.824. The van der Waals surface area contributed by atoms with Gasteiger partial charge in [-0.1, -0.05) is 19.1 Å². The molecule has 1 aromatic rings. The highest BCUT2D eigenvalue weighted by molar-refractivity contribution is 5.29. The van der Waals surface area contributed by atoms with E-state index in [4.69, 9.17) is 15.2 Å². The predicted molar refractivity (Wildman–Crippen MR) is 82.0 cm³/mol. The van der Waals surface area contributed by atoms with Crippen LogP contribution in [0.4, 0.5) is 0 Å². The monoisotopic (exact) mass is 277 g/mol. The minimum Gasteiger partial charge on any atom is -0.494 e. The molecule has 0 radical (unpaired) electrons. The van der Waals surface area contributed by atoms with E-state index in [2.05, 4.69) is 19.1 Å². The summed E-state index contributed by atoms with van der Waals surface area (Å²) in [7, 11) is 0. The first-order chi connectivity index (χ1) is 9.79. The van der Waals surface area contributed by atoms with Crippen molar-refractivity contribution in [2.75, 3.05) is 13.2 Å². The second-order valence-corrected chi connectivity index (χ2v) is 5.59. The van der Waals surface area contributed by atoms with E-state index in [-0.39, 0.29) is 6.04 Å². The number of nitrogens with two attached hydrogens (primary N) is 1. The van der Waals surface area contributed by atoms with E-state index in [1.54, 1.807) is 0 Å². The van der Waals surface area contributed by atoms with Crippen LogP contribution in [0.3, 0.4) is 0 Å². The molecule has 0 amide bonds. The fourth-order valence-electron chi connectivity index (χ4n) is 2.60. The largest absolute Gasteiger partial charge is 0.494 e. The number of ether oxygens (including phenoxy) is 2. The van der Waals surface area contributed by atoms with Gasteiger partial charge in [-0.2, -0.15) is 0 Å². The minimum atomic E-state index is 0.0979. The Labute approximate surface area is 122 Å². The topological polar surface area (TPSA) is 44.5 Å². The summed E-state index contributed by atoms with van der Waals surface area (Å²) in [6.45, 7) is 3.80. The van der Waals surface area contributed by atoms with Gasteiger partial charge < -0.3 is 15.2 Å². The van der Waals surface area contributed by atoms with Gasteiger partial charge in [0.25, 0.3) is 0 Å². The van der Waals surface area contributed by atoms with Crippen LogP contribution in [0.15, 0.2) is 24.3 Å². The van der Waals surface area contributed by atoms with E-state index in [0.29, 0.717) is 6.10 Å². The molecule has 2 atom stereocenters. The molecule has 0 aromatic heterocycles. The van der Waals surface area contributed by atoms with Gasteiger partial charge in [0.2, 0.25) is 0 Å². The van der Waals surface area contributed by atoms with E-state index < -0.39 is 0 Å². The molecule has 1 aromatic carbocycles. The summed E-state index contributed by atoms with van der Waals surface area (Å²) in [6.07, 6.45) is 7.20. The lowest BCUT2D eigenvalue weighted by Crippen LogP contribution is -2.21. The number of hydrogen-bond donors (Lipinski definition) is 1. The molecule has 0 spiro atoms. The zero-order valence-electron chi connectivity index (χ0n) is 12.5. The molecule has 1 heterocycles. The zero-order valence-corrected chi connectivity index (χ0v) is 12.5. The van der Waals surface area contributed by atoms with Crippen molar-refractivity contribution in [1.82, 2.24) is 0 Å². The normalized spacial score (nSPS) is 20.6. The molecule has 1 fully saturated rings. The van der Waals surface area contributed by atoms with E-state index in [1.165, 1.54) is 24.8 Å². The molecule has 3 heteroatoms. The maximum absolute atomic E-state index is 6.27. The maximum Gasteiger partial charge on any atom is 0.119 e. The van der Waals surface area contributed by atoms with E-state index in [9.17, 15) is 0 Å². The summed E-state index contributed by atoms with van der Waals surface area (Å²) < 4.78 is 11.3. The van der Waals surface area contributed by atoms with Gasteiger partial charge in [0.15, 0.2) is 0 Å². The van der Waals surface area contributed by atoms with Crippen LogP contribution in [0.1, 0.15) is 57.1 Å². The third kappa shape index (κ3) is 4.80. The Morgan fingerprint density at radius 2 is 2.10 bits per heavy atom. The lowest BCUT2D eigenvalue weighted by molar-refractivity contribution is 0.00912. The highest BCUT2D eigenvalue weighted by Gasteiger charge is 2.15. The molecule has 0 saturated carbocycles. The van der Waals surface area contributed by atoms with E-state index in [0.717, 1.165) is 38.2 Å². The first kappa shape index (κ1) is 15.3. The third-order valence-electron chi connectivity index (χ3n) is 3.85. The highest BCUT2D eigenvalue weighted by Crippen LogP contribution is 2.23. The molecule has 20 heavy (non-hydrogen) atoms. The van der Waals surface area contributed by atoms with Crippen LogP contribution >= 0.6 is 0 Å². The number of rotatable bonds is 7. The van der Waals surface area contributed by atoms with Gasteiger partial charge in [-0.25, -0.2) is 0 Å². The van der Waals surface area contributed by atoms with Crippen molar-refractivity contribution in [3.63, 3.8) is 0 Å². The molecular formula is C17H27NO2. The second kappa shape index (κ2) is 8.28. The van der Waals surface area contributed by atoms with Gasteiger partial charge in [0.05, 0.1) is 12.7 Å². The first-order valence-electron chi connectivity index (χ1n) is 7.89. The molecular weight excluding hydrogens is 250 g/mol. The summed E-state index contributed by atoms with van der Waals surface area (Å²) in [5.74, 6) is 0.929. The van der Waals surface area contributed by atoms with Crippen molar-refractivity contribution in [1.29, 1.82) is 0 Å². The molecule has 2 N–H and O–H groups in total. The third-order valence-corrected chi connectivity index (χ3v) is 3.85. The van der Waals surface area contributed by atoms with Crippen molar-refractivity contribution >= 4 is 0 Å². The zero-order chi connectivity index (χ0) is 14.2. The van der Waals surface area contributed by atoms with Crippen LogP contribution < -0.4 is 10.5 Å². The van der Waals surface area contributed by atoms with Crippen LogP contribution in [0, 0.1) is 0 Å². The van der Waals surface area contributed by atoms with Crippen LogP contribution in [0.25, 0.3) is 0 Å². The lowest BCUT2D eigenvalue weighted by atomic mass is 9.98. The van der Waals surface area contributed by atoms with Gasteiger partial charge in [0.1, 0.15) is 5.75 Å². The summed E-state index contributed by atoms with van der Waals surface area (Å²) in [4.78, 5) is 0. The van der Waals surface area contributed by atoms with Crippen LogP contribution in [0.2, 0.25) is 0 Å². The van der Waals surface area contributed by atoms with Crippen LogP contribution in [0.5, 0.6) is 5.75 Å². The molecule has 112 valence electrons. The van der Waals surface area contributed by atoms with Gasteiger partial charge in [-0.15, -0.1) is 0 Å². The average molecular weight is 277 g/mol. The molecule has 0 aliphatic carbocycles. The highest BCUT2D eigenvalue weighted by atomic mass is 16.5. The standard InChI is InChI=1S/C17H27NO2/c1-2-12-19-16-8-6-14(7-9-16)17(18)11-10-15-5-3-4-13-20-15/h6-9,15,17H,2-5,10-13,18H2,1H3. The Balaban J connectivity index is 1.77. The molecule has 2 rings (SSSR count). The minimum absolute atomic E-state index is 0.0979. The van der Waals surface area contributed by atoms with Gasteiger partial charge in [0, 0.05) is 12.6 Å². The van der Waals surface area contributed by atoms with Crippen molar-refractivity contribution in [3.8, 4) is 5.75 Å². The van der Waals surface area contributed by atoms with Crippen molar-refractivity contribution in [2.24, 2.45) is 5.73 Å². The molecule has 1 aliphatic heterocycles. The number of hydrogen-bond acceptors (Lipinski definition) is 3. The smallest absolute Gasteiger partial charge is 0.119 e. The Bertz CT molecular complexity index is 371. The molecule has 3 nitrogen and oxygen atoms in total. The van der Waals surface area contributed by atoms with E-state index >= 15 is 0 Å². The molecule has 1 saturated heterocycles. The SMILES string of the molecule is CCCOc1ccc(C(N)CCC2CCCCO2)cc1. The maximum atomic E-state index is 6.27. The van der Waals surface area contributed by atoms with Crippen LogP contribution in [-0.4, -0.2) is 19.3 Å². The molecule has 0 bridgehead atoms. The predicted octanol–water partition coefficient (Wildman–Crippen LogP) is 3.82. The van der Waals surface area contributed by atoms with Gasteiger partial charge in [-0.05, 0) is 56.2 Å². The Morgan fingerprint density at radius 3 is 2.75 bits per heavy atom. The Morgan fingerprint density at radius 1 is 1.30 bits per heavy atom. The summed E-state index contributed by atoms with van der Waals surface area (Å²) >= 11 is 0. The Kier molecular flexibility index (Phi) is 6.34. The van der Waals surface area contributed by atoms with Gasteiger partial charge in [-0.3, -0.25) is 0 Å². The van der Waals surface area contributed by atoms with Crippen molar-refractivity contribution in [3.05, 3.63) is 29.8 Å². The average Bonchev–Trinajstić information content (AvgIpc) is 2.52. The summed E-state index contributed by atoms with van der Waals surface area (Å²) in [5.41, 5.74) is 7.45. The fraction of sp³-hybridized carbons (Fsp3) is 0.647. The number of benzene rings is 1. The first-order valence-corrected chi connectivity index (χ1v) is 7.89. The van der Waals surface area contributed by atoms with Crippen molar-refractivity contribution < 1.29 is 9.47 Å². The van der Waals surface area contributed by atoms with E-state index in [1.807, 2.05) is 12.1 Å². The summed E-state index contributed by atoms with van der Waals surface area (Å²) in [6, 6.07) is 8.29.